The summed E-state index contributed by atoms with van der Waals surface area (Å²) in [6, 6.07) is 0. The van der Waals surface area contributed by atoms with E-state index >= 15 is 0 Å². The van der Waals surface area contributed by atoms with Crippen LogP contribution in [0.4, 0.5) is 0 Å². The molecule has 146 valence electrons. The Balaban J connectivity index is 3.04. The van der Waals surface area contributed by atoms with Gasteiger partial charge in [-0.1, -0.05) is 0 Å². The zero-order valence-corrected chi connectivity index (χ0v) is 15.0. The molecule has 10 heteroatoms. The molecule has 0 N–H and O–H groups in total. The monoisotopic (exact) mass is 374 g/mol. The van der Waals surface area contributed by atoms with Gasteiger partial charge >= 0.3 is 23.9 Å². The van der Waals surface area contributed by atoms with E-state index in [9.17, 15) is 24.0 Å². The van der Waals surface area contributed by atoms with Gasteiger partial charge in [-0.05, 0) is 6.92 Å². The van der Waals surface area contributed by atoms with Gasteiger partial charge in [0.15, 0.2) is 18.3 Å². The maximum Gasteiger partial charge on any atom is 0.374 e. The van der Waals surface area contributed by atoms with Crippen LogP contribution in [-0.2, 0) is 47.7 Å². The van der Waals surface area contributed by atoms with Crippen molar-refractivity contribution < 1.29 is 47.7 Å². The molecule has 0 amide bonds. The molecule has 0 aliphatic carbocycles. The zero-order chi connectivity index (χ0) is 19.9. The fourth-order valence-corrected chi connectivity index (χ4v) is 2.47. The van der Waals surface area contributed by atoms with Crippen LogP contribution in [0.3, 0.4) is 0 Å². The average molecular weight is 374 g/mol. The predicted molar refractivity (Wildman–Crippen MR) is 82.7 cm³/mol. The molecule has 0 spiro atoms. The first-order valence-electron chi connectivity index (χ1n) is 7.98. The van der Waals surface area contributed by atoms with Gasteiger partial charge in [-0.2, -0.15) is 0 Å². The summed E-state index contributed by atoms with van der Waals surface area (Å²) in [6.45, 7) is 4.75. The van der Waals surface area contributed by atoms with Crippen molar-refractivity contribution in [3.8, 4) is 0 Å². The quantitative estimate of drug-likeness (QED) is 0.332. The second kappa shape index (κ2) is 9.85. The third-order valence-electron chi connectivity index (χ3n) is 3.34. The molecule has 0 aromatic heterocycles. The lowest BCUT2D eigenvalue weighted by Gasteiger charge is -2.40. The van der Waals surface area contributed by atoms with E-state index in [1.54, 1.807) is 6.92 Å². The van der Waals surface area contributed by atoms with Crippen LogP contribution >= 0.6 is 0 Å². The first-order valence-corrected chi connectivity index (χ1v) is 7.98. The Morgan fingerprint density at radius 1 is 0.885 bits per heavy atom. The third kappa shape index (κ3) is 6.43. The van der Waals surface area contributed by atoms with E-state index in [1.807, 2.05) is 0 Å². The summed E-state index contributed by atoms with van der Waals surface area (Å²) in [4.78, 5) is 57.6. The number of rotatable bonds is 7. The van der Waals surface area contributed by atoms with Crippen LogP contribution in [0, 0.1) is 0 Å². The molecule has 0 unspecified atom stereocenters. The molecule has 1 rings (SSSR count). The molecule has 10 nitrogen and oxygen atoms in total. The molecule has 0 radical (unpaired) electrons. The van der Waals surface area contributed by atoms with Crippen molar-refractivity contribution in [3.05, 3.63) is 0 Å². The van der Waals surface area contributed by atoms with E-state index in [-0.39, 0.29) is 13.2 Å². The van der Waals surface area contributed by atoms with Gasteiger partial charge in [0.1, 0.15) is 6.10 Å². The van der Waals surface area contributed by atoms with Gasteiger partial charge in [-0.15, -0.1) is 0 Å². The normalized spacial score (nSPS) is 24.9. The summed E-state index contributed by atoms with van der Waals surface area (Å²) in [7, 11) is 0. The Bertz CT molecular complexity index is 569. The van der Waals surface area contributed by atoms with E-state index in [0.717, 1.165) is 20.8 Å². The van der Waals surface area contributed by atoms with E-state index in [4.69, 9.17) is 18.9 Å². The minimum Gasteiger partial charge on any atom is -0.460 e. The summed E-state index contributed by atoms with van der Waals surface area (Å²) in [5.74, 6) is -4.03. The smallest absolute Gasteiger partial charge is 0.374 e. The lowest BCUT2D eigenvalue weighted by molar-refractivity contribution is -0.226. The van der Waals surface area contributed by atoms with Crippen molar-refractivity contribution in [2.24, 2.45) is 0 Å². The highest BCUT2D eigenvalue weighted by molar-refractivity contribution is 6.33. The van der Waals surface area contributed by atoms with Gasteiger partial charge in [-0.25, -0.2) is 4.79 Å². The topological polar surface area (TPSA) is 132 Å². The number of ketones is 1. The molecule has 0 bridgehead atoms. The van der Waals surface area contributed by atoms with E-state index < -0.39 is 60.5 Å². The highest BCUT2D eigenvalue weighted by Crippen LogP contribution is 2.26. The summed E-state index contributed by atoms with van der Waals surface area (Å²) in [5.41, 5.74) is 0. The van der Waals surface area contributed by atoms with Crippen molar-refractivity contribution in [2.75, 3.05) is 13.2 Å². The molecule has 0 saturated carbocycles. The maximum atomic E-state index is 11.9. The molecule has 1 saturated heterocycles. The lowest BCUT2D eigenvalue weighted by Crippen LogP contribution is -2.58. The highest BCUT2D eigenvalue weighted by Gasteiger charge is 2.47. The van der Waals surface area contributed by atoms with Gasteiger partial charge in [0.25, 0.3) is 0 Å². The van der Waals surface area contributed by atoms with Crippen LogP contribution in [0.15, 0.2) is 0 Å². The van der Waals surface area contributed by atoms with Crippen LogP contribution in [0.5, 0.6) is 0 Å². The van der Waals surface area contributed by atoms with Crippen LogP contribution in [0.25, 0.3) is 0 Å². The molecule has 1 heterocycles. The number of carbonyl (C=O) groups excluding carboxylic acids is 5. The Hall–Kier alpha value is -2.49. The summed E-state index contributed by atoms with van der Waals surface area (Å²) >= 11 is 0. The second-order valence-electron chi connectivity index (χ2n) is 5.52. The highest BCUT2D eigenvalue weighted by atomic mass is 16.6. The van der Waals surface area contributed by atoms with Crippen molar-refractivity contribution in [2.45, 2.75) is 58.5 Å². The largest absolute Gasteiger partial charge is 0.460 e. The Labute approximate surface area is 150 Å². The number of esters is 4. The molecule has 0 aromatic carbocycles. The molecule has 0 aromatic rings. The van der Waals surface area contributed by atoms with E-state index in [1.165, 1.54) is 0 Å². The van der Waals surface area contributed by atoms with Crippen molar-refractivity contribution in [1.82, 2.24) is 0 Å². The SMILES string of the molecule is CCOC(=O)C(=O)C[C@H]1OC[C@@H](OC(C)=O)[C@@H](OC(C)=O)[C@@H]1OC(C)=O. The van der Waals surface area contributed by atoms with E-state index in [2.05, 4.69) is 4.74 Å². The van der Waals surface area contributed by atoms with Gasteiger partial charge in [0, 0.05) is 27.2 Å². The van der Waals surface area contributed by atoms with Crippen LogP contribution in [0.2, 0.25) is 0 Å². The molecule has 1 fully saturated rings. The Morgan fingerprint density at radius 2 is 1.42 bits per heavy atom. The third-order valence-corrected chi connectivity index (χ3v) is 3.34. The second-order valence-corrected chi connectivity index (χ2v) is 5.52. The van der Waals surface area contributed by atoms with Crippen molar-refractivity contribution in [1.29, 1.82) is 0 Å². The van der Waals surface area contributed by atoms with Crippen LogP contribution in [0.1, 0.15) is 34.1 Å². The summed E-state index contributed by atoms with van der Waals surface area (Å²) in [6.07, 6.45) is -5.00. The Morgan fingerprint density at radius 3 is 1.92 bits per heavy atom. The zero-order valence-electron chi connectivity index (χ0n) is 15.0. The fraction of sp³-hybridized carbons (Fsp3) is 0.688. The van der Waals surface area contributed by atoms with Gasteiger partial charge in [-0.3, -0.25) is 19.2 Å². The maximum absolute atomic E-state index is 11.9. The van der Waals surface area contributed by atoms with E-state index in [0.29, 0.717) is 0 Å². The molecule has 1 aliphatic heterocycles. The van der Waals surface area contributed by atoms with Crippen molar-refractivity contribution >= 4 is 29.7 Å². The molecule has 1 aliphatic rings. The molecule has 26 heavy (non-hydrogen) atoms. The first kappa shape index (κ1) is 21.6. The predicted octanol–water partition coefficient (Wildman–Crippen LogP) is -0.297. The van der Waals surface area contributed by atoms with Gasteiger partial charge in [0.05, 0.1) is 13.2 Å². The van der Waals surface area contributed by atoms with Crippen LogP contribution in [-0.4, -0.2) is 67.3 Å². The number of Topliss-reactive ketones (excluding diaryl/α,β-unsaturated/α-hetero) is 1. The summed E-state index contributed by atoms with van der Waals surface area (Å²) < 4.78 is 25.4. The Kier molecular flexibility index (Phi) is 8.17. The number of hydrogen-bond acceptors (Lipinski definition) is 10. The number of ether oxygens (including phenoxy) is 5. The first-order chi connectivity index (χ1) is 12.1. The average Bonchev–Trinajstić information content (AvgIpc) is 2.51. The standard InChI is InChI=1S/C16H22O10/c1-5-22-16(21)11(20)6-12-14(25-9(3)18)15(26-10(4)19)13(7-23-12)24-8(2)17/h12-15H,5-7H2,1-4H3/t12-,13-,14-,15-/m1/s1. The van der Waals surface area contributed by atoms with Gasteiger partial charge in [0.2, 0.25) is 5.78 Å². The molecular weight excluding hydrogens is 352 g/mol. The summed E-state index contributed by atoms with van der Waals surface area (Å²) in [5, 5.41) is 0. The van der Waals surface area contributed by atoms with Gasteiger partial charge < -0.3 is 23.7 Å². The minimum atomic E-state index is -1.24. The number of carbonyl (C=O) groups is 5. The fourth-order valence-electron chi connectivity index (χ4n) is 2.47. The van der Waals surface area contributed by atoms with Crippen molar-refractivity contribution in [3.63, 3.8) is 0 Å². The van der Waals surface area contributed by atoms with Crippen LogP contribution < -0.4 is 0 Å². The lowest BCUT2D eigenvalue weighted by atomic mass is 9.95. The molecule has 4 atom stereocenters. The minimum absolute atomic E-state index is 0.0219. The number of hydrogen-bond donors (Lipinski definition) is 0. The molecular formula is C16H22O10.